The Labute approximate surface area is 261 Å². The Hall–Kier alpha value is -4.67. The van der Waals surface area contributed by atoms with E-state index in [0.717, 1.165) is 5.56 Å². The number of nitrogens with one attached hydrogen (secondary N) is 1. The SMILES string of the molecule is C[C@H](NC(=O)c1cn(C)cn1)[C@H](Oc1ccc(C(=O)O)c([C@@H]2CCCN(C(=O)[C@H]3COC(=O)C3)C2)c1)c1ccc(C2CC2)cc1. The maximum atomic E-state index is 13.2. The van der Waals surface area contributed by atoms with Crippen molar-refractivity contribution in [2.75, 3.05) is 19.7 Å². The van der Waals surface area contributed by atoms with E-state index in [1.807, 2.05) is 19.1 Å². The number of cyclic esters (lactones) is 1. The summed E-state index contributed by atoms with van der Waals surface area (Å²) in [6.45, 7) is 2.84. The van der Waals surface area contributed by atoms with Gasteiger partial charge in [-0.05, 0) is 73.4 Å². The van der Waals surface area contributed by atoms with Crippen molar-refractivity contribution in [3.8, 4) is 5.75 Å². The number of piperidine rings is 1. The minimum atomic E-state index is -1.06. The molecule has 2 aliphatic heterocycles. The van der Waals surface area contributed by atoms with E-state index >= 15 is 0 Å². The van der Waals surface area contributed by atoms with Gasteiger partial charge >= 0.3 is 11.9 Å². The van der Waals surface area contributed by atoms with Crippen LogP contribution in [0.25, 0.3) is 0 Å². The molecule has 1 saturated carbocycles. The van der Waals surface area contributed by atoms with Crippen molar-refractivity contribution in [1.29, 1.82) is 0 Å². The summed E-state index contributed by atoms with van der Waals surface area (Å²) in [6.07, 6.45) is 6.48. The van der Waals surface area contributed by atoms with Crippen LogP contribution < -0.4 is 10.1 Å². The van der Waals surface area contributed by atoms with Crippen molar-refractivity contribution < 1.29 is 33.8 Å². The second kappa shape index (κ2) is 12.7. The number of carboxylic acids is 1. The number of carbonyl (C=O) groups excluding carboxylic acids is 3. The lowest BCUT2D eigenvalue weighted by atomic mass is 9.86. The van der Waals surface area contributed by atoms with Gasteiger partial charge in [0.2, 0.25) is 5.91 Å². The first kappa shape index (κ1) is 30.4. The summed E-state index contributed by atoms with van der Waals surface area (Å²) >= 11 is 0. The zero-order chi connectivity index (χ0) is 31.7. The Morgan fingerprint density at radius 2 is 1.87 bits per heavy atom. The van der Waals surface area contributed by atoms with Gasteiger partial charge in [0, 0.05) is 32.3 Å². The first-order valence-corrected chi connectivity index (χ1v) is 15.5. The molecule has 11 nitrogen and oxygen atoms in total. The Balaban J connectivity index is 1.26. The number of likely N-dealkylation sites (tertiary alicyclic amines) is 1. The van der Waals surface area contributed by atoms with E-state index in [1.165, 1.54) is 18.4 Å². The summed E-state index contributed by atoms with van der Waals surface area (Å²) in [5.74, 6) is -1.57. The molecule has 45 heavy (non-hydrogen) atoms. The first-order valence-electron chi connectivity index (χ1n) is 15.5. The molecular formula is C34H38N4O7. The first-order chi connectivity index (χ1) is 21.7. The molecule has 6 rings (SSSR count). The summed E-state index contributed by atoms with van der Waals surface area (Å²) in [4.78, 5) is 56.0. The van der Waals surface area contributed by atoms with Crippen LogP contribution in [0.15, 0.2) is 55.0 Å². The van der Waals surface area contributed by atoms with E-state index in [2.05, 4.69) is 22.4 Å². The fraction of sp³-hybridized carbons (Fsp3) is 0.441. The molecule has 11 heteroatoms. The van der Waals surface area contributed by atoms with Crippen molar-refractivity contribution in [2.45, 2.75) is 63.0 Å². The monoisotopic (exact) mass is 614 g/mol. The van der Waals surface area contributed by atoms with E-state index in [1.54, 1.807) is 47.2 Å². The van der Waals surface area contributed by atoms with E-state index in [4.69, 9.17) is 9.47 Å². The molecule has 3 heterocycles. The number of amides is 2. The summed E-state index contributed by atoms with van der Waals surface area (Å²) in [6, 6.07) is 12.7. The molecule has 0 spiro atoms. The van der Waals surface area contributed by atoms with Gasteiger partial charge in [-0.1, -0.05) is 24.3 Å². The minimum absolute atomic E-state index is 0.0712. The number of carbonyl (C=O) groups is 4. The smallest absolute Gasteiger partial charge is 0.335 e. The fourth-order valence-corrected chi connectivity index (χ4v) is 6.37. The Bertz CT molecular complexity index is 1600. The zero-order valence-electron chi connectivity index (χ0n) is 25.5. The van der Waals surface area contributed by atoms with Crippen LogP contribution in [0.2, 0.25) is 0 Å². The maximum absolute atomic E-state index is 13.2. The summed E-state index contributed by atoms with van der Waals surface area (Å²) in [5.41, 5.74) is 3.19. The highest BCUT2D eigenvalue weighted by Crippen LogP contribution is 2.41. The van der Waals surface area contributed by atoms with Gasteiger partial charge < -0.3 is 29.4 Å². The lowest BCUT2D eigenvalue weighted by Gasteiger charge is -2.35. The van der Waals surface area contributed by atoms with Gasteiger partial charge in [-0.25, -0.2) is 9.78 Å². The number of esters is 1. The minimum Gasteiger partial charge on any atom is -0.484 e. The third kappa shape index (κ3) is 6.87. The van der Waals surface area contributed by atoms with Crippen LogP contribution in [0, 0.1) is 5.92 Å². The molecule has 2 aromatic carbocycles. The maximum Gasteiger partial charge on any atom is 0.335 e. The van der Waals surface area contributed by atoms with Crippen LogP contribution in [0.5, 0.6) is 5.75 Å². The molecule has 2 amide bonds. The number of aryl methyl sites for hydroxylation is 1. The number of rotatable bonds is 10. The number of hydrogen-bond donors (Lipinski definition) is 2. The lowest BCUT2D eigenvalue weighted by Crippen LogP contribution is -2.42. The van der Waals surface area contributed by atoms with E-state index < -0.39 is 24.0 Å². The molecular weight excluding hydrogens is 576 g/mol. The van der Waals surface area contributed by atoms with Crippen molar-refractivity contribution in [2.24, 2.45) is 13.0 Å². The molecule has 236 valence electrons. The highest BCUT2D eigenvalue weighted by molar-refractivity contribution is 5.92. The van der Waals surface area contributed by atoms with Crippen LogP contribution in [-0.2, 0) is 21.4 Å². The predicted molar refractivity (Wildman–Crippen MR) is 163 cm³/mol. The van der Waals surface area contributed by atoms with Crippen molar-refractivity contribution in [1.82, 2.24) is 19.8 Å². The third-order valence-corrected chi connectivity index (χ3v) is 8.96. The standard InChI is InChI=1S/C34H38N4O7/c1-20(36-32(40)29-17-37(2)19-35-29)31(23-9-7-22(8-10-23)21-5-6-21)45-26-11-12-27(34(42)43)28(15-26)24-4-3-13-38(16-24)33(41)25-14-30(39)44-18-25/h7-12,15,17,19-21,24-25,31H,3-6,13-14,16,18H2,1-2H3,(H,36,40)(H,42,43)/t20-,24+,25+,31-/m0/s1. The highest BCUT2D eigenvalue weighted by Gasteiger charge is 2.36. The van der Waals surface area contributed by atoms with Gasteiger partial charge in [-0.15, -0.1) is 0 Å². The molecule has 3 aliphatic rings. The Kier molecular flexibility index (Phi) is 8.60. The number of ether oxygens (including phenoxy) is 2. The molecule has 3 fully saturated rings. The highest BCUT2D eigenvalue weighted by atomic mass is 16.5. The molecule has 2 saturated heterocycles. The largest absolute Gasteiger partial charge is 0.484 e. The lowest BCUT2D eigenvalue weighted by molar-refractivity contribution is -0.138. The van der Waals surface area contributed by atoms with E-state index in [-0.39, 0.29) is 42.3 Å². The summed E-state index contributed by atoms with van der Waals surface area (Å²) in [7, 11) is 1.80. The predicted octanol–water partition coefficient (Wildman–Crippen LogP) is 4.20. The summed E-state index contributed by atoms with van der Waals surface area (Å²) in [5, 5.41) is 13.1. The number of aromatic nitrogens is 2. The van der Waals surface area contributed by atoms with Crippen LogP contribution in [-0.4, -0.2) is 69.0 Å². The van der Waals surface area contributed by atoms with Crippen LogP contribution >= 0.6 is 0 Å². The van der Waals surface area contributed by atoms with E-state index in [9.17, 15) is 24.3 Å². The number of hydrogen-bond acceptors (Lipinski definition) is 7. The van der Waals surface area contributed by atoms with Gasteiger partial charge in [0.25, 0.3) is 5.91 Å². The molecule has 0 unspecified atom stereocenters. The second-order valence-corrected chi connectivity index (χ2v) is 12.4. The zero-order valence-corrected chi connectivity index (χ0v) is 25.5. The molecule has 1 aromatic heterocycles. The molecule has 0 radical (unpaired) electrons. The summed E-state index contributed by atoms with van der Waals surface area (Å²) < 4.78 is 13.3. The number of carboxylic acid groups (broad SMARTS) is 1. The Morgan fingerprint density at radius 1 is 1.09 bits per heavy atom. The van der Waals surface area contributed by atoms with Crippen LogP contribution in [0.1, 0.15) is 94.5 Å². The van der Waals surface area contributed by atoms with Crippen molar-refractivity contribution in [3.05, 3.63) is 82.9 Å². The van der Waals surface area contributed by atoms with Gasteiger partial charge in [0.1, 0.15) is 24.2 Å². The number of nitrogens with zero attached hydrogens (tertiary/aromatic N) is 3. The van der Waals surface area contributed by atoms with Gasteiger partial charge in [-0.3, -0.25) is 14.4 Å². The Morgan fingerprint density at radius 3 is 2.51 bits per heavy atom. The second-order valence-electron chi connectivity index (χ2n) is 12.4. The normalized spacial score (nSPS) is 21.1. The quantitative estimate of drug-likeness (QED) is 0.324. The molecule has 3 aromatic rings. The van der Waals surface area contributed by atoms with Crippen LogP contribution in [0.4, 0.5) is 0 Å². The molecule has 1 aliphatic carbocycles. The average Bonchev–Trinajstić information content (AvgIpc) is 3.65. The van der Waals surface area contributed by atoms with Crippen molar-refractivity contribution >= 4 is 23.8 Å². The molecule has 4 atom stereocenters. The van der Waals surface area contributed by atoms with E-state index in [0.29, 0.717) is 48.9 Å². The molecule has 2 N–H and O–H groups in total. The average molecular weight is 615 g/mol. The molecule has 0 bridgehead atoms. The number of imidazole rings is 1. The third-order valence-electron chi connectivity index (χ3n) is 8.96. The van der Waals surface area contributed by atoms with Gasteiger partial charge in [-0.2, -0.15) is 0 Å². The van der Waals surface area contributed by atoms with Gasteiger partial charge in [0.15, 0.2) is 0 Å². The number of aromatic carboxylic acids is 1. The van der Waals surface area contributed by atoms with Gasteiger partial charge in [0.05, 0.1) is 30.3 Å². The van der Waals surface area contributed by atoms with Crippen LogP contribution in [0.3, 0.4) is 0 Å². The topological polar surface area (TPSA) is 140 Å². The number of benzene rings is 2. The fourth-order valence-electron chi connectivity index (χ4n) is 6.37. The van der Waals surface area contributed by atoms with Crippen molar-refractivity contribution in [3.63, 3.8) is 0 Å².